The molecule has 0 fully saturated rings. The Morgan fingerprint density at radius 1 is 1.07 bits per heavy atom. The second-order valence-corrected chi connectivity index (χ2v) is 5.98. The van der Waals surface area contributed by atoms with Crippen molar-refractivity contribution in [1.29, 1.82) is 5.26 Å². The molecule has 0 aliphatic rings. The number of pyridine rings is 1. The van der Waals surface area contributed by atoms with Crippen molar-refractivity contribution in [2.45, 2.75) is 13.0 Å². The number of nitriles is 1. The first-order valence-electron chi connectivity index (χ1n) is 8.46. The van der Waals surface area contributed by atoms with Crippen LogP contribution >= 0.6 is 0 Å². The van der Waals surface area contributed by atoms with Crippen LogP contribution in [0.15, 0.2) is 66.9 Å². The molecule has 0 bridgehead atoms. The van der Waals surface area contributed by atoms with Crippen LogP contribution in [0.1, 0.15) is 21.5 Å². The molecule has 0 aliphatic heterocycles. The van der Waals surface area contributed by atoms with Crippen molar-refractivity contribution >= 4 is 23.1 Å². The molecule has 27 heavy (non-hydrogen) atoms. The summed E-state index contributed by atoms with van der Waals surface area (Å²) in [5, 5.41) is 15.2. The van der Waals surface area contributed by atoms with Crippen LogP contribution in [-0.4, -0.2) is 10.9 Å². The fourth-order valence-electron chi connectivity index (χ4n) is 2.60. The van der Waals surface area contributed by atoms with E-state index in [1.54, 1.807) is 6.07 Å². The second kappa shape index (κ2) is 8.50. The van der Waals surface area contributed by atoms with Crippen molar-refractivity contribution in [1.82, 2.24) is 4.98 Å². The molecule has 4 N–H and O–H groups in total. The first-order chi connectivity index (χ1) is 13.2. The van der Waals surface area contributed by atoms with Gasteiger partial charge in [0.1, 0.15) is 5.82 Å². The summed E-state index contributed by atoms with van der Waals surface area (Å²) in [6.07, 6.45) is 1.83. The highest BCUT2D eigenvalue weighted by atomic mass is 16.1. The Morgan fingerprint density at radius 2 is 1.81 bits per heavy atom. The van der Waals surface area contributed by atoms with E-state index in [1.807, 2.05) is 54.6 Å². The van der Waals surface area contributed by atoms with E-state index >= 15 is 0 Å². The monoisotopic (exact) mass is 357 g/mol. The number of aromatic nitrogens is 1. The minimum absolute atomic E-state index is 0.334. The standard InChI is InChI=1S/C21H19N5O/c22-11-10-15-6-8-17(9-7-15)26-20-12-19(18(14-25-20)21(23)27)24-13-16-4-2-1-3-5-16/h1-9,12,14H,10,13H2,(H2,23,27)(H2,24,25,26). The average molecular weight is 357 g/mol. The number of anilines is 3. The lowest BCUT2D eigenvalue weighted by molar-refractivity contribution is 0.100. The van der Waals surface area contributed by atoms with Crippen LogP contribution in [0.4, 0.5) is 17.2 Å². The molecule has 3 rings (SSSR count). The maximum atomic E-state index is 11.7. The van der Waals surface area contributed by atoms with Gasteiger partial charge in [0, 0.05) is 24.5 Å². The summed E-state index contributed by atoms with van der Waals surface area (Å²) in [7, 11) is 0. The topological polar surface area (TPSA) is 104 Å². The SMILES string of the molecule is N#CCc1ccc(Nc2cc(NCc3ccccc3)c(C(N)=O)cn2)cc1. The van der Waals surface area contributed by atoms with Crippen molar-refractivity contribution in [2.75, 3.05) is 10.6 Å². The number of rotatable bonds is 7. The van der Waals surface area contributed by atoms with Gasteiger partial charge in [-0.3, -0.25) is 4.79 Å². The molecule has 6 nitrogen and oxygen atoms in total. The number of benzene rings is 2. The molecule has 0 unspecified atom stereocenters. The number of carbonyl (C=O) groups is 1. The lowest BCUT2D eigenvalue weighted by atomic mass is 10.1. The van der Waals surface area contributed by atoms with E-state index in [0.717, 1.165) is 16.8 Å². The van der Waals surface area contributed by atoms with Gasteiger partial charge in [-0.2, -0.15) is 5.26 Å². The first kappa shape index (κ1) is 18.0. The summed E-state index contributed by atoms with van der Waals surface area (Å²) in [6.45, 7) is 0.563. The zero-order chi connectivity index (χ0) is 19.1. The van der Waals surface area contributed by atoms with E-state index in [4.69, 9.17) is 11.0 Å². The Labute approximate surface area is 157 Å². The third-order valence-electron chi connectivity index (χ3n) is 4.00. The summed E-state index contributed by atoms with van der Waals surface area (Å²) in [5.74, 6) is 0.0501. The number of hydrogen-bond acceptors (Lipinski definition) is 5. The molecule has 1 amide bonds. The van der Waals surface area contributed by atoms with Crippen molar-refractivity contribution in [3.63, 3.8) is 0 Å². The van der Waals surface area contributed by atoms with Gasteiger partial charge >= 0.3 is 0 Å². The van der Waals surface area contributed by atoms with Gasteiger partial charge in [0.05, 0.1) is 23.7 Å². The van der Waals surface area contributed by atoms with Gasteiger partial charge in [-0.1, -0.05) is 42.5 Å². The number of nitrogens with zero attached hydrogens (tertiary/aromatic N) is 2. The van der Waals surface area contributed by atoms with Crippen LogP contribution in [0.25, 0.3) is 0 Å². The van der Waals surface area contributed by atoms with Gasteiger partial charge in [0.15, 0.2) is 0 Å². The summed E-state index contributed by atoms with van der Waals surface area (Å²) in [6, 6.07) is 21.3. The molecule has 0 saturated carbocycles. The maximum Gasteiger partial charge on any atom is 0.252 e. The van der Waals surface area contributed by atoms with Crippen molar-refractivity contribution in [3.8, 4) is 6.07 Å². The molecular weight excluding hydrogens is 338 g/mol. The number of nitrogens with one attached hydrogen (secondary N) is 2. The minimum Gasteiger partial charge on any atom is -0.380 e. The molecule has 0 spiro atoms. The lowest BCUT2D eigenvalue weighted by Gasteiger charge is -2.13. The summed E-state index contributed by atoms with van der Waals surface area (Å²) in [5.41, 5.74) is 9.29. The van der Waals surface area contributed by atoms with E-state index in [-0.39, 0.29) is 0 Å². The molecule has 0 atom stereocenters. The fraction of sp³-hybridized carbons (Fsp3) is 0.0952. The largest absolute Gasteiger partial charge is 0.380 e. The number of nitrogens with two attached hydrogens (primary N) is 1. The Bertz CT molecular complexity index is 962. The highest BCUT2D eigenvalue weighted by Crippen LogP contribution is 2.22. The predicted molar refractivity (Wildman–Crippen MR) is 106 cm³/mol. The molecule has 3 aromatic rings. The van der Waals surface area contributed by atoms with Crippen LogP contribution in [0.5, 0.6) is 0 Å². The summed E-state index contributed by atoms with van der Waals surface area (Å²) < 4.78 is 0. The van der Waals surface area contributed by atoms with E-state index in [1.165, 1.54) is 6.20 Å². The third-order valence-corrected chi connectivity index (χ3v) is 4.00. The van der Waals surface area contributed by atoms with Crippen molar-refractivity contribution in [3.05, 3.63) is 83.6 Å². The van der Waals surface area contributed by atoms with E-state index in [0.29, 0.717) is 30.0 Å². The van der Waals surface area contributed by atoms with E-state index in [9.17, 15) is 4.79 Å². The van der Waals surface area contributed by atoms with Crippen LogP contribution in [0.2, 0.25) is 0 Å². The highest BCUT2D eigenvalue weighted by Gasteiger charge is 2.10. The van der Waals surface area contributed by atoms with Crippen LogP contribution in [-0.2, 0) is 13.0 Å². The van der Waals surface area contributed by atoms with Crippen molar-refractivity contribution < 1.29 is 4.79 Å². The van der Waals surface area contributed by atoms with Crippen LogP contribution < -0.4 is 16.4 Å². The maximum absolute atomic E-state index is 11.7. The van der Waals surface area contributed by atoms with E-state index in [2.05, 4.69) is 21.7 Å². The fourth-order valence-corrected chi connectivity index (χ4v) is 2.60. The smallest absolute Gasteiger partial charge is 0.252 e. The molecule has 2 aromatic carbocycles. The van der Waals surface area contributed by atoms with Crippen LogP contribution in [0, 0.1) is 11.3 Å². The van der Waals surface area contributed by atoms with Crippen LogP contribution in [0.3, 0.4) is 0 Å². The molecule has 6 heteroatoms. The summed E-state index contributed by atoms with van der Waals surface area (Å²) >= 11 is 0. The Balaban J connectivity index is 1.78. The third kappa shape index (κ3) is 4.83. The lowest BCUT2D eigenvalue weighted by Crippen LogP contribution is -2.15. The van der Waals surface area contributed by atoms with Gasteiger partial charge in [-0.15, -0.1) is 0 Å². The van der Waals surface area contributed by atoms with Gasteiger partial charge in [0.25, 0.3) is 5.91 Å². The van der Waals surface area contributed by atoms with Gasteiger partial charge in [-0.25, -0.2) is 4.98 Å². The Kier molecular flexibility index (Phi) is 5.65. The molecule has 0 aliphatic carbocycles. The van der Waals surface area contributed by atoms with Gasteiger partial charge in [0.2, 0.25) is 0 Å². The zero-order valence-corrected chi connectivity index (χ0v) is 14.6. The molecule has 134 valence electrons. The number of primary amides is 1. The van der Waals surface area contributed by atoms with Gasteiger partial charge < -0.3 is 16.4 Å². The Morgan fingerprint density at radius 3 is 2.48 bits per heavy atom. The molecule has 0 radical (unpaired) electrons. The second-order valence-electron chi connectivity index (χ2n) is 5.98. The Hall–Kier alpha value is -3.85. The highest BCUT2D eigenvalue weighted by molar-refractivity contribution is 5.98. The van der Waals surface area contributed by atoms with Crippen molar-refractivity contribution in [2.24, 2.45) is 5.73 Å². The first-order valence-corrected chi connectivity index (χ1v) is 8.46. The predicted octanol–water partition coefficient (Wildman–Crippen LogP) is 3.60. The van der Waals surface area contributed by atoms with E-state index < -0.39 is 5.91 Å². The number of hydrogen-bond donors (Lipinski definition) is 3. The minimum atomic E-state index is -0.537. The molecule has 1 aromatic heterocycles. The molecule has 1 heterocycles. The number of carbonyl (C=O) groups excluding carboxylic acids is 1. The normalized spacial score (nSPS) is 10.0. The number of amides is 1. The molecular formula is C21H19N5O. The zero-order valence-electron chi connectivity index (χ0n) is 14.6. The average Bonchev–Trinajstić information content (AvgIpc) is 2.69. The summed E-state index contributed by atoms with van der Waals surface area (Å²) in [4.78, 5) is 16.0. The molecule has 0 saturated heterocycles. The van der Waals surface area contributed by atoms with Gasteiger partial charge in [-0.05, 0) is 23.3 Å². The quantitative estimate of drug-likeness (QED) is 0.599.